The van der Waals surface area contributed by atoms with Crippen LogP contribution in [-0.4, -0.2) is 30.4 Å². The molecule has 0 saturated heterocycles. The Labute approximate surface area is 125 Å². The number of rotatable bonds is 3. The van der Waals surface area contributed by atoms with Gasteiger partial charge in [0.25, 0.3) is 0 Å². The first-order valence-corrected chi connectivity index (χ1v) is 7.21. The van der Waals surface area contributed by atoms with Gasteiger partial charge in [0.1, 0.15) is 5.75 Å². The van der Waals surface area contributed by atoms with Crippen LogP contribution in [0.1, 0.15) is 25.7 Å². The van der Waals surface area contributed by atoms with E-state index in [1.54, 1.807) is 19.2 Å². The number of carbonyl (C=O) groups is 1. The van der Waals surface area contributed by atoms with Gasteiger partial charge in [-0.3, -0.25) is 4.90 Å². The van der Waals surface area contributed by atoms with Crippen LogP contribution < -0.4 is 15.4 Å². The first-order chi connectivity index (χ1) is 10.1. The molecule has 0 heterocycles. The summed E-state index contributed by atoms with van der Waals surface area (Å²) >= 11 is 0. The van der Waals surface area contributed by atoms with Crippen molar-refractivity contribution in [1.82, 2.24) is 0 Å². The van der Waals surface area contributed by atoms with Crippen LogP contribution in [0.4, 0.5) is 10.5 Å². The molecule has 114 valence electrons. The summed E-state index contributed by atoms with van der Waals surface area (Å²) in [5.41, 5.74) is 6.79. The van der Waals surface area contributed by atoms with Crippen molar-refractivity contribution in [2.75, 3.05) is 12.0 Å². The van der Waals surface area contributed by atoms with Crippen LogP contribution in [0.15, 0.2) is 36.4 Å². The molecule has 0 saturated carbocycles. The fourth-order valence-corrected chi connectivity index (χ4v) is 2.77. The van der Waals surface area contributed by atoms with Crippen molar-refractivity contribution in [3.05, 3.63) is 36.4 Å². The van der Waals surface area contributed by atoms with Gasteiger partial charge in [-0.15, -0.1) is 0 Å². The molecule has 0 fully saturated rings. The monoisotopic (exact) mass is 290 g/mol. The average molecular weight is 290 g/mol. The minimum absolute atomic E-state index is 0.184. The highest BCUT2D eigenvalue weighted by Crippen LogP contribution is 2.32. The van der Waals surface area contributed by atoms with Crippen LogP contribution in [0.25, 0.3) is 0 Å². The molecule has 3 N–H and O–H groups in total. The first-order valence-electron chi connectivity index (χ1n) is 7.21. The molecule has 2 atom stereocenters. The number of para-hydroxylation sites is 2. The predicted octanol–water partition coefficient (Wildman–Crippen LogP) is 3.01. The topological polar surface area (TPSA) is 75.8 Å². The second-order valence-corrected chi connectivity index (χ2v) is 5.18. The maximum Gasteiger partial charge on any atom is 0.412 e. The van der Waals surface area contributed by atoms with Crippen LogP contribution in [0.2, 0.25) is 0 Å². The van der Waals surface area contributed by atoms with Gasteiger partial charge in [0, 0.05) is 6.04 Å². The number of amides is 1. The Morgan fingerprint density at radius 2 is 1.95 bits per heavy atom. The Hall–Kier alpha value is -2.01. The number of hydrogen-bond donors (Lipinski definition) is 2. The molecule has 1 aromatic carbocycles. The maximum absolute atomic E-state index is 11.8. The first kappa shape index (κ1) is 15.4. The van der Waals surface area contributed by atoms with E-state index in [1.807, 2.05) is 12.1 Å². The van der Waals surface area contributed by atoms with E-state index in [9.17, 15) is 9.90 Å². The largest absolute Gasteiger partial charge is 0.495 e. The predicted molar refractivity (Wildman–Crippen MR) is 82.9 cm³/mol. The van der Waals surface area contributed by atoms with E-state index in [0.717, 1.165) is 19.3 Å². The van der Waals surface area contributed by atoms with E-state index in [1.165, 1.54) is 4.90 Å². The quantitative estimate of drug-likeness (QED) is 0.839. The fraction of sp³-hybridized carbons (Fsp3) is 0.438. The maximum atomic E-state index is 11.8. The number of methoxy groups -OCH3 is 1. The molecule has 0 aromatic heterocycles. The minimum Gasteiger partial charge on any atom is -0.495 e. The molecule has 5 nitrogen and oxygen atoms in total. The Kier molecular flexibility index (Phi) is 5.22. The van der Waals surface area contributed by atoms with Crippen LogP contribution in [0.5, 0.6) is 5.75 Å². The molecule has 1 aliphatic rings. The lowest BCUT2D eigenvalue weighted by molar-refractivity contribution is 0.196. The summed E-state index contributed by atoms with van der Waals surface area (Å²) in [5.74, 6) is 0.546. The minimum atomic E-state index is -0.996. The molecular weight excluding hydrogens is 268 g/mol. The lowest BCUT2D eigenvalue weighted by Crippen LogP contribution is -2.50. The van der Waals surface area contributed by atoms with Gasteiger partial charge >= 0.3 is 6.09 Å². The van der Waals surface area contributed by atoms with Crippen molar-refractivity contribution < 1.29 is 14.6 Å². The molecule has 5 heteroatoms. The number of allylic oxidation sites excluding steroid dienone is 2. The Morgan fingerprint density at radius 3 is 2.62 bits per heavy atom. The zero-order valence-corrected chi connectivity index (χ0v) is 12.2. The third kappa shape index (κ3) is 3.55. The van der Waals surface area contributed by atoms with Gasteiger partial charge in [-0.2, -0.15) is 0 Å². The van der Waals surface area contributed by atoms with Crippen molar-refractivity contribution >= 4 is 11.8 Å². The smallest absolute Gasteiger partial charge is 0.412 e. The molecular formula is C16H22N2O3. The number of nitrogens with zero attached hydrogens (tertiary/aromatic N) is 1. The summed E-state index contributed by atoms with van der Waals surface area (Å²) in [5, 5.41) is 9.68. The lowest BCUT2D eigenvalue weighted by atomic mass is 9.94. The van der Waals surface area contributed by atoms with Crippen molar-refractivity contribution in [3.63, 3.8) is 0 Å². The number of nitrogens with two attached hydrogens (primary N) is 1. The van der Waals surface area contributed by atoms with Crippen LogP contribution in [-0.2, 0) is 0 Å². The zero-order valence-electron chi connectivity index (χ0n) is 12.2. The summed E-state index contributed by atoms with van der Waals surface area (Å²) in [6.45, 7) is 0. The Balaban J connectivity index is 2.37. The molecule has 1 aromatic rings. The highest BCUT2D eigenvalue weighted by atomic mass is 16.5. The SMILES string of the molecule is COc1ccccc1N(C(=O)O)C1CCC=CCCC1N. The van der Waals surface area contributed by atoms with Crippen molar-refractivity contribution in [1.29, 1.82) is 0 Å². The summed E-state index contributed by atoms with van der Waals surface area (Å²) in [4.78, 5) is 13.2. The van der Waals surface area contributed by atoms with Gasteiger partial charge in [0.05, 0.1) is 18.8 Å². The van der Waals surface area contributed by atoms with E-state index in [-0.39, 0.29) is 12.1 Å². The van der Waals surface area contributed by atoms with Crippen LogP contribution >= 0.6 is 0 Å². The van der Waals surface area contributed by atoms with E-state index < -0.39 is 6.09 Å². The summed E-state index contributed by atoms with van der Waals surface area (Å²) < 4.78 is 5.30. The van der Waals surface area contributed by atoms with E-state index in [0.29, 0.717) is 17.9 Å². The van der Waals surface area contributed by atoms with Crippen molar-refractivity contribution in [2.24, 2.45) is 5.73 Å². The third-order valence-corrected chi connectivity index (χ3v) is 3.84. The van der Waals surface area contributed by atoms with E-state index in [4.69, 9.17) is 10.5 Å². The molecule has 1 aliphatic carbocycles. The molecule has 21 heavy (non-hydrogen) atoms. The Morgan fingerprint density at radius 1 is 1.29 bits per heavy atom. The normalized spacial score (nSPS) is 22.2. The lowest BCUT2D eigenvalue weighted by Gasteiger charge is -2.34. The van der Waals surface area contributed by atoms with Crippen molar-refractivity contribution in [3.8, 4) is 5.75 Å². The second kappa shape index (κ2) is 7.13. The molecule has 0 radical (unpaired) electrons. The summed E-state index contributed by atoms with van der Waals surface area (Å²) in [6.07, 6.45) is 6.42. The van der Waals surface area contributed by atoms with Crippen LogP contribution in [0.3, 0.4) is 0 Å². The summed E-state index contributed by atoms with van der Waals surface area (Å²) in [6, 6.07) is 6.72. The van der Waals surface area contributed by atoms with Gasteiger partial charge in [-0.1, -0.05) is 24.3 Å². The highest BCUT2D eigenvalue weighted by molar-refractivity contribution is 5.89. The molecule has 1 amide bonds. The average Bonchev–Trinajstić information content (AvgIpc) is 2.46. The molecule has 0 aliphatic heterocycles. The summed E-state index contributed by atoms with van der Waals surface area (Å²) in [7, 11) is 1.54. The van der Waals surface area contributed by atoms with E-state index in [2.05, 4.69) is 12.2 Å². The number of benzene rings is 1. The fourth-order valence-electron chi connectivity index (χ4n) is 2.77. The van der Waals surface area contributed by atoms with Gasteiger partial charge in [-0.25, -0.2) is 4.79 Å². The van der Waals surface area contributed by atoms with Gasteiger partial charge < -0.3 is 15.6 Å². The standard InChI is InChI=1S/C16H22N2O3/c1-21-15-11-7-6-10-14(15)18(16(19)20)13-9-5-3-2-4-8-12(13)17/h2-3,6-7,10-13H,4-5,8-9,17H2,1H3,(H,19,20). The third-order valence-electron chi connectivity index (χ3n) is 3.84. The Bertz CT molecular complexity index is 516. The number of hydrogen-bond acceptors (Lipinski definition) is 3. The van der Waals surface area contributed by atoms with Crippen LogP contribution in [0, 0.1) is 0 Å². The highest BCUT2D eigenvalue weighted by Gasteiger charge is 2.31. The molecule has 2 unspecified atom stereocenters. The van der Waals surface area contributed by atoms with E-state index >= 15 is 0 Å². The molecule has 0 bridgehead atoms. The zero-order chi connectivity index (χ0) is 15.2. The second-order valence-electron chi connectivity index (χ2n) is 5.18. The molecule has 2 rings (SSSR count). The van der Waals surface area contributed by atoms with Gasteiger partial charge in [0.15, 0.2) is 0 Å². The van der Waals surface area contributed by atoms with Gasteiger partial charge in [0.2, 0.25) is 0 Å². The number of ether oxygens (including phenoxy) is 1. The number of carboxylic acid groups (broad SMARTS) is 1. The van der Waals surface area contributed by atoms with Gasteiger partial charge in [-0.05, 0) is 37.8 Å². The number of anilines is 1. The van der Waals surface area contributed by atoms with Crippen molar-refractivity contribution in [2.45, 2.75) is 37.8 Å². The molecule has 0 spiro atoms.